The van der Waals surface area contributed by atoms with E-state index in [1.165, 1.54) is 23.1 Å². The third-order valence-corrected chi connectivity index (χ3v) is 2.43. The van der Waals surface area contributed by atoms with Crippen molar-refractivity contribution in [3.05, 3.63) is 57.7 Å². The summed E-state index contributed by atoms with van der Waals surface area (Å²) in [6.07, 6.45) is 2.46. The van der Waals surface area contributed by atoms with E-state index in [0.29, 0.717) is 5.56 Å². The second-order valence-electron chi connectivity index (χ2n) is 3.77. The Morgan fingerprint density at radius 1 is 1.53 bits per heavy atom. The molecule has 0 aliphatic carbocycles. The molecular weight excluding hydrogens is 257 g/mol. The number of nitro groups is 1. The van der Waals surface area contributed by atoms with E-state index in [2.05, 4.69) is 5.10 Å². The molecule has 0 atom stereocenters. The Balaban J connectivity index is 2.21. The van der Waals surface area contributed by atoms with Gasteiger partial charge >= 0.3 is 11.7 Å². The van der Waals surface area contributed by atoms with E-state index >= 15 is 0 Å². The fourth-order valence-corrected chi connectivity index (χ4v) is 1.54. The van der Waals surface area contributed by atoms with Crippen molar-refractivity contribution in [2.24, 2.45) is 0 Å². The Bertz CT molecular complexity index is 653. The van der Waals surface area contributed by atoms with Gasteiger partial charge in [-0.1, -0.05) is 6.07 Å². The zero-order chi connectivity index (χ0) is 14.0. The molecule has 1 heterocycles. The van der Waals surface area contributed by atoms with Gasteiger partial charge in [0.25, 0.3) is 0 Å². The van der Waals surface area contributed by atoms with Gasteiger partial charge in [-0.3, -0.25) is 14.8 Å². The first-order chi connectivity index (χ1) is 8.97. The van der Waals surface area contributed by atoms with Gasteiger partial charge in [0.1, 0.15) is 0 Å². The van der Waals surface area contributed by atoms with E-state index < -0.39 is 22.4 Å². The normalized spacial score (nSPS) is 10.4. The maximum atomic E-state index is 13.4. The number of rotatable bonds is 4. The topological polar surface area (TPSA) is 98.3 Å². The van der Waals surface area contributed by atoms with Crippen molar-refractivity contribution in [2.75, 3.05) is 0 Å². The molecule has 0 spiro atoms. The van der Waals surface area contributed by atoms with Gasteiger partial charge in [-0.15, -0.1) is 0 Å². The standard InChI is InChI=1S/C11H8FN3O4/c12-9-3-7(1-2-10(9)15(18)19)5-14-6-8(4-13-14)11(16)17/h1-4,6H,5H2,(H,16,17). The van der Waals surface area contributed by atoms with Crippen LogP contribution in [-0.4, -0.2) is 25.8 Å². The molecular formula is C11H8FN3O4. The fraction of sp³-hybridized carbons (Fsp3) is 0.0909. The summed E-state index contributed by atoms with van der Waals surface area (Å²) in [7, 11) is 0. The minimum Gasteiger partial charge on any atom is -0.478 e. The lowest BCUT2D eigenvalue weighted by atomic mass is 10.2. The largest absolute Gasteiger partial charge is 0.478 e. The molecule has 98 valence electrons. The van der Waals surface area contributed by atoms with Crippen molar-refractivity contribution in [3.63, 3.8) is 0 Å². The first-order valence-corrected chi connectivity index (χ1v) is 5.16. The lowest BCUT2D eigenvalue weighted by Gasteiger charge is -2.02. The number of hydrogen-bond donors (Lipinski definition) is 1. The number of hydrogen-bond acceptors (Lipinski definition) is 4. The van der Waals surface area contributed by atoms with Crippen LogP contribution < -0.4 is 0 Å². The van der Waals surface area contributed by atoms with Crippen LogP contribution >= 0.6 is 0 Å². The molecule has 0 amide bonds. The van der Waals surface area contributed by atoms with E-state index in [0.717, 1.165) is 12.1 Å². The number of halogens is 1. The molecule has 1 aromatic carbocycles. The average molecular weight is 265 g/mol. The van der Waals surface area contributed by atoms with Crippen molar-refractivity contribution in [3.8, 4) is 0 Å². The maximum Gasteiger partial charge on any atom is 0.338 e. The smallest absolute Gasteiger partial charge is 0.338 e. The van der Waals surface area contributed by atoms with Gasteiger partial charge in [0.05, 0.1) is 23.2 Å². The Labute approximate surface area is 106 Å². The van der Waals surface area contributed by atoms with Crippen molar-refractivity contribution in [1.29, 1.82) is 0 Å². The molecule has 0 saturated heterocycles. The molecule has 0 bridgehead atoms. The Morgan fingerprint density at radius 2 is 2.26 bits per heavy atom. The molecule has 7 nitrogen and oxygen atoms in total. The molecule has 0 radical (unpaired) electrons. The third kappa shape index (κ3) is 2.73. The predicted molar refractivity (Wildman–Crippen MR) is 61.3 cm³/mol. The van der Waals surface area contributed by atoms with Crippen LogP contribution in [-0.2, 0) is 6.54 Å². The maximum absolute atomic E-state index is 13.4. The van der Waals surface area contributed by atoms with Crippen LogP contribution in [0.4, 0.5) is 10.1 Å². The van der Waals surface area contributed by atoms with Crippen LogP contribution in [0, 0.1) is 15.9 Å². The van der Waals surface area contributed by atoms with E-state index in [1.807, 2.05) is 0 Å². The van der Waals surface area contributed by atoms with Gasteiger partial charge in [-0.25, -0.2) is 4.79 Å². The monoisotopic (exact) mass is 265 g/mol. The van der Waals surface area contributed by atoms with E-state index in [-0.39, 0.29) is 12.1 Å². The first-order valence-electron chi connectivity index (χ1n) is 5.16. The summed E-state index contributed by atoms with van der Waals surface area (Å²) in [6, 6.07) is 3.48. The van der Waals surface area contributed by atoms with E-state index in [1.54, 1.807) is 0 Å². The molecule has 0 unspecified atom stereocenters. The van der Waals surface area contributed by atoms with E-state index in [9.17, 15) is 19.3 Å². The highest BCUT2D eigenvalue weighted by atomic mass is 19.1. The van der Waals surface area contributed by atoms with Gasteiger partial charge < -0.3 is 5.11 Å². The molecule has 0 saturated carbocycles. The minimum absolute atomic E-state index is 0.0161. The molecule has 2 rings (SSSR count). The highest BCUT2D eigenvalue weighted by molar-refractivity contribution is 5.86. The second-order valence-corrected chi connectivity index (χ2v) is 3.77. The Kier molecular flexibility index (Phi) is 3.23. The van der Waals surface area contributed by atoms with Gasteiger partial charge in [0.15, 0.2) is 0 Å². The number of carboxylic acid groups (broad SMARTS) is 1. The minimum atomic E-state index is -1.11. The van der Waals surface area contributed by atoms with Crippen LogP contribution in [0.2, 0.25) is 0 Å². The van der Waals surface area contributed by atoms with Gasteiger partial charge in [-0.05, 0) is 11.6 Å². The number of benzene rings is 1. The number of aromatic nitrogens is 2. The van der Waals surface area contributed by atoms with Gasteiger partial charge in [-0.2, -0.15) is 9.49 Å². The van der Waals surface area contributed by atoms with Crippen LogP contribution in [0.3, 0.4) is 0 Å². The fourth-order valence-electron chi connectivity index (χ4n) is 1.54. The second kappa shape index (κ2) is 4.84. The van der Waals surface area contributed by atoms with Crippen LogP contribution in [0.5, 0.6) is 0 Å². The number of aromatic carboxylic acids is 1. The number of carboxylic acids is 1. The number of nitro benzene ring substituents is 1. The average Bonchev–Trinajstić information content (AvgIpc) is 2.77. The Hall–Kier alpha value is -2.77. The van der Waals surface area contributed by atoms with Crippen LogP contribution in [0.15, 0.2) is 30.6 Å². The predicted octanol–water partition coefficient (Wildman–Crippen LogP) is 1.68. The van der Waals surface area contributed by atoms with Crippen LogP contribution in [0.1, 0.15) is 15.9 Å². The van der Waals surface area contributed by atoms with Crippen molar-refractivity contribution >= 4 is 11.7 Å². The molecule has 0 aliphatic heterocycles. The molecule has 0 fully saturated rings. The number of nitrogens with zero attached hydrogens (tertiary/aromatic N) is 3. The summed E-state index contributed by atoms with van der Waals surface area (Å²) in [4.78, 5) is 20.3. The summed E-state index contributed by atoms with van der Waals surface area (Å²) in [5.41, 5.74) is -0.138. The summed E-state index contributed by atoms with van der Waals surface area (Å²) in [6.45, 7) is 0.127. The molecule has 1 N–H and O–H groups in total. The highest BCUT2D eigenvalue weighted by Crippen LogP contribution is 2.18. The van der Waals surface area contributed by atoms with E-state index in [4.69, 9.17) is 5.11 Å². The third-order valence-electron chi connectivity index (χ3n) is 2.43. The lowest BCUT2D eigenvalue weighted by molar-refractivity contribution is -0.387. The highest BCUT2D eigenvalue weighted by Gasteiger charge is 2.14. The number of carbonyl (C=O) groups is 1. The lowest BCUT2D eigenvalue weighted by Crippen LogP contribution is -2.02. The van der Waals surface area contributed by atoms with Crippen LogP contribution in [0.25, 0.3) is 0 Å². The molecule has 8 heteroatoms. The summed E-state index contributed by atoms with van der Waals surface area (Å²) < 4.78 is 14.7. The van der Waals surface area contributed by atoms with Crippen molar-refractivity contribution in [1.82, 2.24) is 9.78 Å². The molecule has 19 heavy (non-hydrogen) atoms. The van der Waals surface area contributed by atoms with Crippen molar-refractivity contribution in [2.45, 2.75) is 6.54 Å². The molecule has 1 aromatic heterocycles. The van der Waals surface area contributed by atoms with Gasteiger partial charge in [0, 0.05) is 12.3 Å². The zero-order valence-electron chi connectivity index (χ0n) is 9.49. The Morgan fingerprint density at radius 3 is 2.79 bits per heavy atom. The van der Waals surface area contributed by atoms with Gasteiger partial charge in [0.2, 0.25) is 5.82 Å². The molecule has 2 aromatic rings. The zero-order valence-corrected chi connectivity index (χ0v) is 9.49. The molecule has 0 aliphatic rings. The quantitative estimate of drug-likeness (QED) is 0.669. The summed E-state index contributed by atoms with van der Waals surface area (Å²) >= 11 is 0. The summed E-state index contributed by atoms with van der Waals surface area (Å²) in [5, 5.41) is 23.0. The summed E-state index contributed by atoms with van der Waals surface area (Å²) in [5.74, 6) is -2.05. The first kappa shape index (κ1) is 12.7. The van der Waals surface area contributed by atoms with Crippen molar-refractivity contribution < 1.29 is 19.2 Å². The SMILES string of the molecule is O=C(O)c1cnn(Cc2ccc([N+](=O)[O-])c(F)c2)c1.